The molecule has 0 aliphatic heterocycles. The lowest BCUT2D eigenvalue weighted by Crippen LogP contribution is -2.28. The minimum absolute atomic E-state index is 0.0781. The molecule has 0 aromatic heterocycles. The second-order valence-electron chi connectivity index (χ2n) is 6.81. The van der Waals surface area contributed by atoms with Crippen molar-refractivity contribution in [1.82, 2.24) is 0 Å². The first-order valence-corrected chi connectivity index (χ1v) is 8.60. The van der Waals surface area contributed by atoms with Gasteiger partial charge in [0.1, 0.15) is 0 Å². The van der Waals surface area contributed by atoms with Gasteiger partial charge < -0.3 is 10.6 Å². The molecule has 2 N–H and O–H groups in total. The molecule has 2 aliphatic carbocycles. The van der Waals surface area contributed by atoms with Gasteiger partial charge in [0.25, 0.3) is 0 Å². The highest BCUT2D eigenvalue weighted by Gasteiger charge is 2.39. The largest absolute Gasteiger partial charge is 0.374 e. The number of benzene rings is 1. The summed E-state index contributed by atoms with van der Waals surface area (Å²) in [4.78, 5) is 2.42. The van der Waals surface area contributed by atoms with E-state index in [9.17, 15) is 0 Å². The van der Waals surface area contributed by atoms with Crippen LogP contribution in [0.25, 0.3) is 0 Å². The number of anilines is 1. The van der Waals surface area contributed by atoms with E-state index >= 15 is 0 Å². The van der Waals surface area contributed by atoms with Gasteiger partial charge in [0, 0.05) is 29.8 Å². The first kappa shape index (κ1) is 14.4. The maximum absolute atomic E-state index is 5.97. The van der Waals surface area contributed by atoms with Gasteiger partial charge in [-0.25, -0.2) is 0 Å². The van der Waals surface area contributed by atoms with Crippen molar-refractivity contribution in [1.29, 1.82) is 0 Å². The van der Waals surface area contributed by atoms with E-state index < -0.39 is 0 Å². The van der Waals surface area contributed by atoms with Crippen LogP contribution in [0.2, 0.25) is 0 Å². The van der Waals surface area contributed by atoms with Crippen molar-refractivity contribution in [3.05, 3.63) is 28.2 Å². The maximum Gasteiger partial charge on any atom is 0.0375 e. The summed E-state index contributed by atoms with van der Waals surface area (Å²) in [5.74, 6) is 2.94. The van der Waals surface area contributed by atoms with Crippen LogP contribution in [0, 0.1) is 17.8 Å². The van der Waals surface area contributed by atoms with Crippen molar-refractivity contribution in [2.45, 2.75) is 38.6 Å². The normalized spacial score (nSPS) is 29.7. The van der Waals surface area contributed by atoms with Gasteiger partial charge in [-0.3, -0.25) is 0 Å². The monoisotopic (exact) mass is 336 g/mol. The summed E-state index contributed by atoms with van der Waals surface area (Å²) in [6.07, 6.45) is 5.90. The van der Waals surface area contributed by atoms with E-state index in [4.69, 9.17) is 5.73 Å². The van der Waals surface area contributed by atoms with Crippen molar-refractivity contribution in [3.8, 4) is 0 Å². The van der Waals surface area contributed by atoms with E-state index in [1.54, 1.807) is 0 Å². The molecule has 2 fully saturated rings. The van der Waals surface area contributed by atoms with E-state index in [2.05, 4.69) is 46.1 Å². The Morgan fingerprint density at radius 3 is 2.70 bits per heavy atom. The molecule has 2 bridgehead atoms. The molecule has 110 valence electrons. The second-order valence-corrected chi connectivity index (χ2v) is 7.66. The molecule has 1 aromatic carbocycles. The van der Waals surface area contributed by atoms with E-state index in [0.29, 0.717) is 0 Å². The average molecular weight is 337 g/mol. The average Bonchev–Trinajstić information content (AvgIpc) is 3.00. The Labute approximate surface area is 130 Å². The summed E-state index contributed by atoms with van der Waals surface area (Å²) < 4.78 is 1.13. The summed E-state index contributed by atoms with van der Waals surface area (Å²) in [5, 5.41) is 0. The predicted molar refractivity (Wildman–Crippen MR) is 89.0 cm³/mol. The van der Waals surface area contributed by atoms with Crippen LogP contribution in [0.15, 0.2) is 22.7 Å². The molecule has 4 atom stereocenters. The molecule has 1 aromatic rings. The van der Waals surface area contributed by atoms with Gasteiger partial charge in [0.2, 0.25) is 0 Å². The highest BCUT2D eigenvalue weighted by atomic mass is 79.9. The van der Waals surface area contributed by atoms with Gasteiger partial charge in [-0.1, -0.05) is 28.4 Å². The van der Waals surface area contributed by atoms with Gasteiger partial charge in [0.05, 0.1) is 0 Å². The molecule has 0 heterocycles. The highest BCUT2D eigenvalue weighted by Crippen LogP contribution is 2.48. The molecule has 20 heavy (non-hydrogen) atoms. The summed E-state index contributed by atoms with van der Waals surface area (Å²) >= 11 is 3.65. The number of hydrogen-bond acceptors (Lipinski definition) is 2. The maximum atomic E-state index is 5.97. The number of rotatable bonds is 4. The third kappa shape index (κ3) is 2.75. The van der Waals surface area contributed by atoms with Crippen LogP contribution in [0.5, 0.6) is 0 Å². The van der Waals surface area contributed by atoms with E-state index in [1.165, 1.54) is 43.5 Å². The van der Waals surface area contributed by atoms with Crippen molar-refractivity contribution < 1.29 is 0 Å². The zero-order valence-electron chi connectivity index (χ0n) is 12.5. The summed E-state index contributed by atoms with van der Waals surface area (Å²) in [6.45, 7) is 3.23. The Hall–Kier alpha value is -0.540. The molecule has 0 saturated heterocycles. The van der Waals surface area contributed by atoms with Crippen LogP contribution >= 0.6 is 15.9 Å². The van der Waals surface area contributed by atoms with Crippen molar-refractivity contribution in [2.24, 2.45) is 23.5 Å². The van der Waals surface area contributed by atoms with Crippen LogP contribution in [-0.2, 0) is 0 Å². The van der Waals surface area contributed by atoms with Crippen LogP contribution in [0.4, 0.5) is 5.69 Å². The molecule has 2 saturated carbocycles. The second kappa shape index (κ2) is 5.69. The van der Waals surface area contributed by atoms with Crippen LogP contribution in [0.1, 0.15) is 44.2 Å². The minimum Gasteiger partial charge on any atom is -0.374 e. The van der Waals surface area contributed by atoms with Crippen LogP contribution < -0.4 is 10.6 Å². The van der Waals surface area contributed by atoms with Crippen LogP contribution in [0.3, 0.4) is 0 Å². The summed E-state index contributed by atoms with van der Waals surface area (Å²) in [6, 6.07) is 6.65. The topological polar surface area (TPSA) is 29.3 Å². The molecule has 2 nitrogen and oxygen atoms in total. The number of hydrogen-bond donors (Lipinski definition) is 1. The molecule has 2 aliphatic rings. The number of nitrogens with two attached hydrogens (primary N) is 1. The number of fused-ring (bicyclic) bond motifs is 2. The molecule has 3 rings (SSSR count). The fourth-order valence-corrected chi connectivity index (χ4v) is 4.91. The predicted octanol–water partition coefficient (Wildman–Crippen LogP) is 4.34. The lowest BCUT2D eigenvalue weighted by molar-refractivity contribution is 0.337. The Bertz CT molecular complexity index is 486. The van der Waals surface area contributed by atoms with E-state index in [1.807, 2.05) is 6.92 Å². The molecule has 4 unspecified atom stereocenters. The zero-order valence-corrected chi connectivity index (χ0v) is 14.1. The fourth-order valence-electron chi connectivity index (χ4n) is 4.18. The molecular formula is C17H25BrN2. The van der Waals surface area contributed by atoms with Crippen molar-refractivity contribution in [2.75, 3.05) is 18.5 Å². The highest BCUT2D eigenvalue weighted by molar-refractivity contribution is 9.10. The Morgan fingerprint density at radius 2 is 2.15 bits per heavy atom. The van der Waals surface area contributed by atoms with Crippen molar-refractivity contribution in [3.63, 3.8) is 0 Å². The van der Waals surface area contributed by atoms with Gasteiger partial charge in [0.15, 0.2) is 0 Å². The lowest BCUT2D eigenvalue weighted by Gasteiger charge is -2.29. The quantitative estimate of drug-likeness (QED) is 0.885. The first-order valence-electron chi connectivity index (χ1n) is 7.80. The Balaban J connectivity index is 1.68. The first-order chi connectivity index (χ1) is 9.54. The standard InChI is InChI=1S/C17H25BrN2/c1-11(19)16-6-5-15(9-17(16)18)20(2)10-14-8-12-3-4-13(14)7-12/h5-6,9,11-14H,3-4,7-8,10,19H2,1-2H3. The van der Waals surface area contributed by atoms with Gasteiger partial charge in [-0.2, -0.15) is 0 Å². The lowest BCUT2D eigenvalue weighted by atomic mass is 9.88. The van der Waals surface area contributed by atoms with Crippen LogP contribution in [-0.4, -0.2) is 13.6 Å². The molecule has 0 amide bonds. The smallest absolute Gasteiger partial charge is 0.0375 e. The third-order valence-electron chi connectivity index (χ3n) is 5.31. The minimum atomic E-state index is 0.0781. The van der Waals surface area contributed by atoms with Gasteiger partial charge >= 0.3 is 0 Å². The fraction of sp³-hybridized carbons (Fsp3) is 0.647. The summed E-state index contributed by atoms with van der Waals surface area (Å²) in [7, 11) is 2.22. The number of nitrogens with zero attached hydrogens (tertiary/aromatic N) is 1. The number of halogens is 1. The Morgan fingerprint density at radius 1 is 1.35 bits per heavy atom. The third-order valence-corrected chi connectivity index (χ3v) is 6.00. The molecule has 3 heteroatoms. The molecule has 0 spiro atoms. The molecular weight excluding hydrogens is 312 g/mol. The van der Waals surface area contributed by atoms with Crippen molar-refractivity contribution >= 4 is 21.6 Å². The Kier molecular flexibility index (Phi) is 4.09. The van der Waals surface area contributed by atoms with E-state index in [-0.39, 0.29) is 6.04 Å². The van der Waals surface area contributed by atoms with Gasteiger partial charge in [-0.15, -0.1) is 0 Å². The molecule has 0 radical (unpaired) electrons. The summed E-state index contributed by atoms with van der Waals surface area (Å²) in [5.41, 5.74) is 8.45. The SMILES string of the molecule is CC(N)c1ccc(N(C)CC2CC3CCC2C3)cc1Br. The zero-order chi connectivity index (χ0) is 14.3. The van der Waals surface area contributed by atoms with Gasteiger partial charge in [-0.05, 0) is 61.6 Å². The van der Waals surface area contributed by atoms with E-state index in [0.717, 1.165) is 22.2 Å².